The van der Waals surface area contributed by atoms with E-state index >= 15 is 0 Å². The van der Waals surface area contributed by atoms with Crippen molar-refractivity contribution in [1.82, 2.24) is 4.90 Å². The topological polar surface area (TPSA) is 49.8 Å². The van der Waals surface area contributed by atoms with Crippen LogP contribution in [0.15, 0.2) is 0 Å². The second-order valence-electron chi connectivity index (χ2n) is 4.42. The van der Waals surface area contributed by atoms with Gasteiger partial charge in [0.1, 0.15) is 0 Å². The Morgan fingerprint density at radius 3 is 2.93 bits per heavy atom. The second-order valence-corrected chi connectivity index (χ2v) is 4.42. The zero-order valence-corrected chi connectivity index (χ0v) is 9.02. The number of likely N-dealkylation sites (tertiary alicyclic amines) is 1. The maximum absolute atomic E-state index is 12.1. The lowest BCUT2D eigenvalue weighted by Gasteiger charge is -2.36. The van der Waals surface area contributed by atoms with Crippen molar-refractivity contribution in [1.29, 1.82) is 0 Å². The van der Waals surface area contributed by atoms with E-state index in [0.29, 0.717) is 13.2 Å². The number of carbonyl (C=O) groups excluding carboxylic acids is 1. The fourth-order valence-electron chi connectivity index (χ4n) is 2.44. The maximum Gasteiger partial charge on any atom is 0.228 e. The minimum Gasteiger partial charge on any atom is -0.394 e. The van der Waals surface area contributed by atoms with E-state index in [2.05, 4.69) is 0 Å². The second kappa shape index (κ2) is 4.94. The van der Waals surface area contributed by atoms with Crippen molar-refractivity contribution in [2.24, 2.45) is 5.92 Å². The molecular formula is C11H19NO3. The van der Waals surface area contributed by atoms with Crippen LogP contribution >= 0.6 is 0 Å². The predicted octanol–water partition coefficient (Wildman–Crippen LogP) is 0.396. The van der Waals surface area contributed by atoms with Crippen LogP contribution in [0, 0.1) is 5.92 Å². The molecule has 2 aliphatic heterocycles. The van der Waals surface area contributed by atoms with Crippen LogP contribution in [0.25, 0.3) is 0 Å². The Hall–Kier alpha value is -0.610. The summed E-state index contributed by atoms with van der Waals surface area (Å²) in [5.74, 6) is 0.225. The zero-order valence-electron chi connectivity index (χ0n) is 9.02. The van der Waals surface area contributed by atoms with Crippen LogP contribution in [0.1, 0.15) is 25.7 Å². The molecule has 0 bridgehead atoms. The van der Waals surface area contributed by atoms with E-state index in [1.165, 1.54) is 0 Å². The molecule has 2 aliphatic rings. The molecule has 0 spiro atoms. The van der Waals surface area contributed by atoms with Crippen molar-refractivity contribution < 1.29 is 14.6 Å². The molecule has 4 nitrogen and oxygen atoms in total. The zero-order chi connectivity index (χ0) is 10.7. The standard InChI is InChI=1S/C11H19NO3/c13-7-10-3-1-2-5-12(10)11(14)9-4-6-15-8-9/h9-10,13H,1-8H2. The smallest absolute Gasteiger partial charge is 0.228 e. The Balaban J connectivity index is 1.96. The number of nitrogens with zero attached hydrogens (tertiary/aromatic N) is 1. The number of hydrogen-bond donors (Lipinski definition) is 1. The summed E-state index contributed by atoms with van der Waals surface area (Å²) in [5, 5.41) is 9.23. The molecule has 2 rings (SSSR count). The lowest BCUT2D eigenvalue weighted by atomic mass is 9.99. The monoisotopic (exact) mass is 213 g/mol. The van der Waals surface area contributed by atoms with Crippen molar-refractivity contribution in [3.05, 3.63) is 0 Å². The molecule has 1 N–H and O–H groups in total. The van der Waals surface area contributed by atoms with E-state index < -0.39 is 0 Å². The molecule has 15 heavy (non-hydrogen) atoms. The van der Waals surface area contributed by atoms with Gasteiger partial charge in [0.25, 0.3) is 0 Å². The molecule has 2 heterocycles. The lowest BCUT2D eigenvalue weighted by molar-refractivity contribution is -0.140. The first kappa shape index (κ1) is 10.9. The first-order valence-corrected chi connectivity index (χ1v) is 5.82. The summed E-state index contributed by atoms with van der Waals surface area (Å²) in [6.07, 6.45) is 3.97. The number of piperidine rings is 1. The van der Waals surface area contributed by atoms with Gasteiger partial charge in [-0.25, -0.2) is 0 Å². The first-order chi connectivity index (χ1) is 7.33. The largest absolute Gasteiger partial charge is 0.394 e. The van der Waals surface area contributed by atoms with E-state index in [9.17, 15) is 9.90 Å². The van der Waals surface area contributed by atoms with Crippen molar-refractivity contribution in [2.45, 2.75) is 31.7 Å². The number of carbonyl (C=O) groups is 1. The molecule has 0 aliphatic carbocycles. The molecule has 0 aromatic carbocycles. The number of aliphatic hydroxyl groups is 1. The van der Waals surface area contributed by atoms with Crippen molar-refractivity contribution >= 4 is 5.91 Å². The normalized spacial score (nSPS) is 31.9. The van der Waals surface area contributed by atoms with Gasteiger partial charge in [-0.1, -0.05) is 0 Å². The Morgan fingerprint density at radius 2 is 2.27 bits per heavy atom. The van der Waals surface area contributed by atoms with Gasteiger partial charge < -0.3 is 14.7 Å². The molecule has 2 unspecified atom stereocenters. The summed E-state index contributed by atoms with van der Waals surface area (Å²) >= 11 is 0. The Labute approximate surface area is 90.2 Å². The van der Waals surface area contributed by atoms with Gasteiger partial charge in [-0.05, 0) is 25.7 Å². The number of rotatable bonds is 2. The van der Waals surface area contributed by atoms with Crippen molar-refractivity contribution in [2.75, 3.05) is 26.4 Å². The molecule has 0 saturated carbocycles. The minimum atomic E-state index is 0.0390. The highest BCUT2D eigenvalue weighted by molar-refractivity contribution is 5.79. The fourth-order valence-corrected chi connectivity index (χ4v) is 2.44. The average Bonchev–Trinajstić information content (AvgIpc) is 2.81. The Morgan fingerprint density at radius 1 is 1.40 bits per heavy atom. The van der Waals surface area contributed by atoms with Crippen LogP contribution in [0.3, 0.4) is 0 Å². The van der Waals surface area contributed by atoms with E-state index in [1.54, 1.807) is 0 Å². The van der Waals surface area contributed by atoms with E-state index in [0.717, 1.165) is 32.2 Å². The summed E-state index contributed by atoms with van der Waals surface area (Å²) in [5.41, 5.74) is 0. The summed E-state index contributed by atoms with van der Waals surface area (Å²) in [4.78, 5) is 14.0. The van der Waals surface area contributed by atoms with Gasteiger partial charge in [-0.3, -0.25) is 4.79 Å². The van der Waals surface area contributed by atoms with Crippen molar-refractivity contribution in [3.8, 4) is 0 Å². The molecule has 0 aromatic heterocycles. The van der Waals surface area contributed by atoms with Gasteiger partial charge in [-0.2, -0.15) is 0 Å². The van der Waals surface area contributed by atoms with Crippen LogP contribution in [-0.4, -0.2) is 48.3 Å². The van der Waals surface area contributed by atoms with Crippen LogP contribution in [0.2, 0.25) is 0 Å². The van der Waals surface area contributed by atoms with Gasteiger partial charge >= 0.3 is 0 Å². The third-order valence-electron chi connectivity index (χ3n) is 3.40. The highest BCUT2D eigenvalue weighted by Gasteiger charge is 2.32. The van der Waals surface area contributed by atoms with Crippen LogP contribution < -0.4 is 0 Å². The lowest BCUT2D eigenvalue weighted by Crippen LogP contribution is -2.48. The fraction of sp³-hybridized carbons (Fsp3) is 0.909. The van der Waals surface area contributed by atoms with E-state index in [4.69, 9.17) is 4.74 Å². The molecule has 4 heteroatoms. The van der Waals surface area contributed by atoms with Gasteiger partial charge in [0, 0.05) is 13.2 Å². The summed E-state index contributed by atoms with van der Waals surface area (Å²) < 4.78 is 5.23. The SMILES string of the molecule is O=C(C1CCOC1)N1CCCCC1CO. The minimum absolute atomic E-state index is 0.0390. The Kier molecular flexibility index (Phi) is 3.59. The third-order valence-corrected chi connectivity index (χ3v) is 3.40. The summed E-state index contributed by atoms with van der Waals surface area (Å²) in [6, 6.07) is 0.0480. The average molecular weight is 213 g/mol. The van der Waals surface area contributed by atoms with Crippen LogP contribution in [-0.2, 0) is 9.53 Å². The van der Waals surface area contributed by atoms with Gasteiger partial charge in [0.15, 0.2) is 0 Å². The molecule has 0 aromatic rings. The number of hydrogen-bond acceptors (Lipinski definition) is 3. The highest BCUT2D eigenvalue weighted by Crippen LogP contribution is 2.22. The van der Waals surface area contributed by atoms with E-state index in [1.807, 2.05) is 4.90 Å². The van der Waals surface area contributed by atoms with Crippen LogP contribution in [0.4, 0.5) is 0 Å². The van der Waals surface area contributed by atoms with Gasteiger partial charge in [-0.15, -0.1) is 0 Å². The molecule has 86 valence electrons. The quantitative estimate of drug-likeness (QED) is 0.722. The predicted molar refractivity (Wildman–Crippen MR) is 55.4 cm³/mol. The maximum atomic E-state index is 12.1. The summed E-state index contributed by atoms with van der Waals surface area (Å²) in [7, 11) is 0. The number of amides is 1. The molecule has 0 radical (unpaired) electrons. The van der Waals surface area contributed by atoms with Gasteiger partial charge in [0.2, 0.25) is 5.91 Å². The number of aliphatic hydroxyl groups excluding tert-OH is 1. The molecule has 1 amide bonds. The third kappa shape index (κ3) is 2.32. The van der Waals surface area contributed by atoms with Crippen LogP contribution in [0.5, 0.6) is 0 Å². The molecule has 2 saturated heterocycles. The first-order valence-electron chi connectivity index (χ1n) is 5.82. The Bertz CT molecular complexity index is 226. The van der Waals surface area contributed by atoms with Crippen molar-refractivity contribution in [3.63, 3.8) is 0 Å². The van der Waals surface area contributed by atoms with Gasteiger partial charge in [0.05, 0.1) is 25.2 Å². The summed E-state index contributed by atoms with van der Waals surface area (Å²) in [6.45, 7) is 2.17. The molecular weight excluding hydrogens is 194 g/mol. The molecule has 2 fully saturated rings. The highest BCUT2D eigenvalue weighted by atomic mass is 16.5. The molecule has 2 atom stereocenters. The van der Waals surface area contributed by atoms with E-state index in [-0.39, 0.29) is 24.5 Å². The number of ether oxygens (including phenoxy) is 1.